The summed E-state index contributed by atoms with van der Waals surface area (Å²) in [6.07, 6.45) is 0. The van der Waals surface area contributed by atoms with Crippen LogP contribution in [-0.4, -0.2) is 15.5 Å². The number of para-hydroxylation sites is 2. The minimum Gasteiger partial charge on any atom is -0.365 e. The van der Waals surface area contributed by atoms with Gasteiger partial charge in [-0.05, 0) is 42.0 Å². The van der Waals surface area contributed by atoms with Crippen LogP contribution in [0.3, 0.4) is 0 Å². The second kappa shape index (κ2) is 8.74. The van der Waals surface area contributed by atoms with Crippen LogP contribution in [0.25, 0.3) is 10.9 Å². The Kier molecular flexibility index (Phi) is 5.70. The number of nitrogens with zero attached hydrogens (tertiary/aromatic N) is 2. The Labute approximate surface area is 176 Å². The molecule has 4 aromatic rings. The number of anilines is 2. The normalized spacial score (nSPS) is 10.8. The van der Waals surface area contributed by atoms with Crippen molar-refractivity contribution in [2.75, 3.05) is 10.6 Å². The number of fused-ring (bicyclic) bond motifs is 1. The second-order valence-corrected chi connectivity index (χ2v) is 6.85. The summed E-state index contributed by atoms with van der Waals surface area (Å²) in [6.45, 7) is 0.0213. The van der Waals surface area contributed by atoms with Crippen molar-refractivity contribution < 1.29 is 13.6 Å². The Bertz CT molecular complexity index is 1300. The van der Waals surface area contributed by atoms with Gasteiger partial charge in [-0.1, -0.05) is 36.4 Å². The molecule has 0 unspecified atom stereocenters. The molecule has 156 valence electrons. The van der Waals surface area contributed by atoms with E-state index in [0.717, 1.165) is 5.56 Å². The van der Waals surface area contributed by atoms with E-state index in [9.17, 15) is 18.4 Å². The predicted molar refractivity (Wildman–Crippen MR) is 115 cm³/mol. The molecular formula is C23H18F2N4O2. The standard InChI is InChI=1S/C23H18F2N4O2/c24-16-11-9-15(10-12-16)13-26-22-17-5-1-4-8-20(17)29(23(31)28-22)14-21(30)27-19-7-3-2-6-18(19)25/h1-12H,13-14H2,(H,27,30)(H,26,28,31). The first-order valence-electron chi connectivity index (χ1n) is 9.53. The first-order valence-corrected chi connectivity index (χ1v) is 9.53. The molecule has 1 aromatic heterocycles. The lowest BCUT2D eigenvalue weighted by Crippen LogP contribution is -2.30. The molecular weight excluding hydrogens is 402 g/mol. The van der Waals surface area contributed by atoms with Gasteiger partial charge in [0, 0.05) is 11.9 Å². The molecule has 0 spiro atoms. The number of aromatic nitrogens is 2. The van der Waals surface area contributed by atoms with Crippen molar-refractivity contribution in [3.05, 3.63) is 100 Å². The molecule has 0 aliphatic carbocycles. The first kappa shape index (κ1) is 20.2. The van der Waals surface area contributed by atoms with Crippen molar-refractivity contribution in [2.24, 2.45) is 0 Å². The lowest BCUT2D eigenvalue weighted by molar-refractivity contribution is -0.116. The average molecular weight is 420 g/mol. The molecule has 31 heavy (non-hydrogen) atoms. The van der Waals surface area contributed by atoms with Gasteiger partial charge in [0.1, 0.15) is 24.0 Å². The number of rotatable bonds is 6. The number of amides is 1. The van der Waals surface area contributed by atoms with Crippen LogP contribution in [-0.2, 0) is 17.9 Å². The maximum absolute atomic E-state index is 13.8. The Hall–Kier alpha value is -4.07. The van der Waals surface area contributed by atoms with Gasteiger partial charge >= 0.3 is 5.69 Å². The second-order valence-electron chi connectivity index (χ2n) is 6.85. The van der Waals surface area contributed by atoms with Gasteiger partial charge in [-0.3, -0.25) is 9.36 Å². The van der Waals surface area contributed by atoms with Gasteiger partial charge in [-0.2, -0.15) is 4.98 Å². The molecule has 0 aliphatic heterocycles. The van der Waals surface area contributed by atoms with E-state index in [2.05, 4.69) is 15.6 Å². The van der Waals surface area contributed by atoms with Gasteiger partial charge in [0.25, 0.3) is 0 Å². The molecule has 0 saturated heterocycles. The van der Waals surface area contributed by atoms with Gasteiger partial charge in [0.05, 0.1) is 11.2 Å². The van der Waals surface area contributed by atoms with Crippen molar-refractivity contribution in [1.29, 1.82) is 0 Å². The van der Waals surface area contributed by atoms with E-state index in [1.54, 1.807) is 42.5 Å². The number of carbonyl (C=O) groups excluding carboxylic acids is 1. The maximum atomic E-state index is 13.8. The minimum atomic E-state index is -0.621. The lowest BCUT2D eigenvalue weighted by atomic mass is 10.2. The largest absolute Gasteiger partial charge is 0.365 e. The van der Waals surface area contributed by atoms with Crippen LogP contribution in [0.5, 0.6) is 0 Å². The highest BCUT2D eigenvalue weighted by molar-refractivity contribution is 5.93. The number of hydrogen-bond donors (Lipinski definition) is 2. The smallest absolute Gasteiger partial charge is 0.350 e. The molecule has 8 heteroatoms. The topological polar surface area (TPSA) is 76.0 Å². The maximum Gasteiger partial charge on any atom is 0.350 e. The van der Waals surface area contributed by atoms with Gasteiger partial charge < -0.3 is 10.6 Å². The third-order valence-electron chi connectivity index (χ3n) is 4.71. The Morgan fingerprint density at radius 1 is 0.935 bits per heavy atom. The third-order valence-corrected chi connectivity index (χ3v) is 4.71. The zero-order valence-corrected chi connectivity index (χ0v) is 16.3. The number of nitrogens with one attached hydrogen (secondary N) is 2. The fourth-order valence-electron chi connectivity index (χ4n) is 3.20. The molecule has 1 heterocycles. The Morgan fingerprint density at radius 2 is 1.65 bits per heavy atom. The van der Waals surface area contributed by atoms with Crippen LogP contribution >= 0.6 is 0 Å². The van der Waals surface area contributed by atoms with Crippen LogP contribution in [0.4, 0.5) is 20.3 Å². The number of halogens is 2. The molecule has 0 atom stereocenters. The van der Waals surface area contributed by atoms with E-state index in [1.807, 2.05) is 0 Å². The lowest BCUT2D eigenvalue weighted by Gasteiger charge is -2.14. The van der Waals surface area contributed by atoms with Crippen molar-refractivity contribution >= 4 is 28.3 Å². The highest BCUT2D eigenvalue weighted by Crippen LogP contribution is 2.20. The molecule has 0 bridgehead atoms. The fraction of sp³-hybridized carbons (Fsp3) is 0.0870. The molecule has 1 amide bonds. The minimum absolute atomic E-state index is 0.0374. The highest BCUT2D eigenvalue weighted by Gasteiger charge is 2.14. The Balaban J connectivity index is 1.60. The van der Waals surface area contributed by atoms with Crippen LogP contribution in [0.1, 0.15) is 5.56 Å². The molecule has 0 radical (unpaired) electrons. The molecule has 0 fully saturated rings. The summed E-state index contributed by atoms with van der Waals surface area (Å²) < 4.78 is 28.1. The Morgan fingerprint density at radius 3 is 2.42 bits per heavy atom. The monoisotopic (exact) mass is 420 g/mol. The molecule has 6 nitrogen and oxygen atoms in total. The summed E-state index contributed by atoms with van der Waals surface area (Å²) >= 11 is 0. The van der Waals surface area contributed by atoms with E-state index in [1.165, 1.54) is 34.9 Å². The van der Waals surface area contributed by atoms with Gasteiger partial charge in [0.15, 0.2) is 0 Å². The van der Waals surface area contributed by atoms with Crippen LogP contribution in [0, 0.1) is 11.6 Å². The zero-order valence-electron chi connectivity index (χ0n) is 16.3. The summed E-state index contributed by atoms with van der Waals surface area (Å²) in [6, 6.07) is 18.8. The molecule has 0 aliphatic rings. The summed E-state index contributed by atoms with van der Waals surface area (Å²) in [5, 5.41) is 6.21. The quantitative estimate of drug-likeness (QED) is 0.496. The highest BCUT2D eigenvalue weighted by atomic mass is 19.1. The summed E-state index contributed by atoms with van der Waals surface area (Å²) in [5.74, 6) is -1.09. The fourth-order valence-corrected chi connectivity index (χ4v) is 3.20. The number of hydrogen-bond acceptors (Lipinski definition) is 4. The summed E-state index contributed by atoms with van der Waals surface area (Å²) in [4.78, 5) is 29.2. The van der Waals surface area contributed by atoms with E-state index in [-0.39, 0.29) is 18.0 Å². The van der Waals surface area contributed by atoms with Gasteiger partial charge in [-0.15, -0.1) is 0 Å². The third kappa shape index (κ3) is 4.58. The molecule has 4 rings (SSSR count). The summed E-state index contributed by atoms with van der Waals surface area (Å²) in [7, 11) is 0. The molecule has 3 aromatic carbocycles. The average Bonchev–Trinajstić information content (AvgIpc) is 2.77. The van der Waals surface area contributed by atoms with Crippen LogP contribution in [0.2, 0.25) is 0 Å². The van der Waals surface area contributed by atoms with Gasteiger partial charge in [0.2, 0.25) is 5.91 Å². The van der Waals surface area contributed by atoms with Crippen LogP contribution in [0.15, 0.2) is 77.6 Å². The van der Waals surface area contributed by atoms with E-state index in [4.69, 9.17) is 0 Å². The summed E-state index contributed by atoms with van der Waals surface area (Å²) in [5.41, 5.74) is 0.743. The van der Waals surface area contributed by atoms with Crippen molar-refractivity contribution in [3.63, 3.8) is 0 Å². The number of benzene rings is 3. The SMILES string of the molecule is O=C(Cn1c(=O)nc(NCc2ccc(F)cc2)c2ccccc21)Nc1ccccc1F. The molecule has 0 saturated carbocycles. The van der Waals surface area contributed by atoms with Crippen molar-refractivity contribution in [2.45, 2.75) is 13.1 Å². The van der Waals surface area contributed by atoms with Crippen molar-refractivity contribution in [1.82, 2.24) is 9.55 Å². The zero-order chi connectivity index (χ0) is 21.8. The van der Waals surface area contributed by atoms with Crippen molar-refractivity contribution in [3.8, 4) is 0 Å². The molecule has 2 N–H and O–H groups in total. The van der Waals surface area contributed by atoms with E-state index >= 15 is 0 Å². The first-order chi connectivity index (χ1) is 15.0. The van der Waals surface area contributed by atoms with Crippen LogP contribution < -0.4 is 16.3 Å². The number of carbonyl (C=O) groups is 1. The van der Waals surface area contributed by atoms with E-state index in [0.29, 0.717) is 23.3 Å². The van der Waals surface area contributed by atoms with E-state index < -0.39 is 17.4 Å². The van der Waals surface area contributed by atoms with Gasteiger partial charge in [-0.25, -0.2) is 13.6 Å². The predicted octanol–water partition coefficient (Wildman–Crippen LogP) is 3.93.